The highest BCUT2D eigenvalue weighted by molar-refractivity contribution is 5.92. The van der Waals surface area contributed by atoms with Crippen LogP contribution in [-0.4, -0.2) is 36.5 Å². The number of ether oxygens (including phenoxy) is 1. The Morgan fingerprint density at radius 3 is 1.88 bits per heavy atom. The van der Waals surface area contributed by atoms with Gasteiger partial charge in [-0.15, -0.1) is 0 Å². The van der Waals surface area contributed by atoms with Gasteiger partial charge in [-0.1, -0.05) is 41.5 Å². The number of hydrogen-bond donors (Lipinski definition) is 2. The smallest absolute Gasteiger partial charge is 0.330 e. The zero-order valence-corrected chi connectivity index (χ0v) is 17.3. The average Bonchev–Trinajstić information content (AvgIpc) is 2.42. The molecule has 0 radical (unpaired) electrons. The van der Waals surface area contributed by atoms with Crippen molar-refractivity contribution in [1.29, 1.82) is 0 Å². The summed E-state index contributed by atoms with van der Waals surface area (Å²) in [6.07, 6.45) is 1.22. The number of amides is 2. The van der Waals surface area contributed by atoms with Crippen LogP contribution in [0.15, 0.2) is 0 Å². The van der Waals surface area contributed by atoms with Crippen LogP contribution in [0.2, 0.25) is 0 Å². The molecule has 0 saturated heterocycles. The van der Waals surface area contributed by atoms with Gasteiger partial charge >= 0.3 is 5.97 Å². The molecule has 0 aliphatic heterocycles. The van der Waals surface area contributed by atoms with Gasteiger partial charge in [0, 0.05) is 5.92 Å². The number of carbonyl (C=O) groups excluding carboxylic acids is 3. The van der Waals surface area contributed by atoms with Crippen molar-refractivity contribution in [3.63, 3.8) is 0 Å². The second-order valence-corrected chi connectivity index (χ2v) is 8.96. The van der Waals surface area contributed by atoms with Crippen LogP contribution in [-0.2, 0) is 19.1 Å². The minimum absolute atomic E-state index is 0.0272. The Balaban J connectivity index is 5.09. The highest BCUT2D eigenvalue weighted by Crippen LogP contribution is 2.24. The summed E-state index contributed by atoms with van der Waals surface area (Å²) in [5.41, 5.74) is -1.12. The van der Waals surface area contributed by atoms with Crippen LogP contribution in [0.4, 0.5) is 0 Å². The average molecular weight is 357 g/mol. The first-order chi connectivity index (χ1) is 11.2. The van der Waals surface area contributed by atoms with E-state index in [9.17, 15) is 14.4 Å². The van der Waals surface area contributed by atoms with E-state index in [-0.39, 0.29) is 29.1 Å². The Bertz CT molecular complexity index is 478. The fourth-order valence-corrected chi connectivity index (χ4v) is 2.73. The monoisotopic (exact) mass is 356 g/mol. The van der Waals surface area contributed by atoms with E-state index in [4.69, 9.17) is 4.74 Å². The molecular weight excluding hydrogens is 320 g/mol. The Morgan fingerprint density at radius 2 is 1.48 bits per heavy atom. The van der Waals surface area contributed by atoms with Gasteiger partial charge in [-0.25, -0.2) is 4.79 Å². The fourth-order valence-electron chi connectivity index (χ4n) is 2.73. The second-order valence-electron chi connectivity index (χ2n) is 8.96. The molecule has 0 bridgehead atoms. The number of hydrogen-bond acceptors (Lipinski definition) is 4. The van der Waals surface area contributed by atoms with Gasteiger partial charge in [0.15, 0.2) is 0 Å². The summed E-state index contributed by atoms with van der Waals surface area (Å²) >= 11 is 0. The maximum Gasteiger partial charge on any atom is 0.330 e. The van der Waals surface area contributed by atoms with Gasteiger partial charge in [0.1, 0.15) is 11.6 Å². The molecular formula is C19H36N2O4. The van der Waals surface area contributed by atoms with Crippen molar-refractivity contribution < 1.29 is 19.1 Å². The van der Waals surface area contributed by atoms with Crippen molar-refractivity contribution in [2.45, 2.75) is 79.8 Å². The molecule has 0 heterocycles. The summed E-state index contributed by atoms with van der Waals surface area (Å²) in [6.45, 7) is 15.2. The van der Waals surface area contributed by atoms with Crippen LogP contribution in [0.25, 0.3) is 0 Å². The zero-order valence-electron chi connectivity index (χ0n) is 17.3. The number of carbonyl (C=O) groups is 3. The molecule has 0 spiro atoms. The molecule has 0 aliphatic carbocycles. The van der Waals surface area contributed by atoms with E-state index in [1.807, 2.05) is 20.8 Å². The van der Waals surface area contributed by atoms with Crippen molar-refractivity contribution in [2.75, 3.05) is 7.11 Å². The third-order valence-electron chi connectivity index (χ3n) is 3.84. The summed E-state index contributed by atoms with van der Waals surface area (Å²) in [5.74, 6) is -1.03. The minimum atomic E-state index is -1.15. The zero-order chi connectivity index (χ0) is 20.0. The molecule has 0 fully saturated rings. The first-order valence-corrected chi connectivity index (χ1v) is 8.90. The lowest BCUT2D eigenvalue weighted by atomic mass is 9.85. The van der Waals surface area contributed by atoms with E-state index in [1.54, 1.807) is 13.8 Å². The molecule has 2 unspecified atom stereocenters. The first-order valence-electron chi connectivity index (χ1n) is 8.90. The number of nitrogens with one attached hydrogen (secondary N) is 2. The quantitative estimate of drug-likeness (QED) is 0.655. The normalized spacial score (nSPS) is 14.6. The Labute approximate surface area is 152 Å². The number of esters is 1. The van der Waals surface area contributed by atoms with E-state index < -0.39 is 17.6 Å². The SMILES string of the molecule is COC(=O)C(C)(C)NC(=O)C(CC(C)C)NC(=O)C(C)CC(C)(C)C. The van der Waals surface area contributed by atoms with Crippen LogP contribution >= 0.6 is 0 Å². The molecule has 0 aliphatic rings. The maximum absolute atomic E-state index is 12.6. The molecule has 0 aromatic carbocycles. The lowest BCUT2D eigenvalue weighted by Crippen LogP contribution is -2.57. The van der Waals surface area contributed by atoms with Crippen molar-refractivity contribution in [1.82, 2.24) is 10.6 Å². The highest BCUT2D eigenvalue weighted by Gasteiger charge is 2.34. The van der Waals surface area contributed by atoms with Crippen LogP contribution in [0.1, 0.15) is 68.2 Å². The standard InChI is InChI=1S/C19H36N2O4/c1-12(2)10-14(16(23)21-19(7,8)17(24)25-9)20-15(22)13(3)11-18(4,5)6/h12-14H,10-11H2,1-9H3,(H,20,22)(H,21,23). The van der Waals surface area contributed by atoms with Gasteiger partial charge in [-0.2, -0.15) is 0 Å². The van der Waals surface area contributed by atoms with E-state index >= 15 is 0 Å². The van der Waals surface area contributed by atoms with Crippen LogP contribution < -0.4 is 10.6 Å². The molecule has 0 rings (SSSR count). The molecule has 2 amide bonds. The van der Waals surface area contributed by atoms with Gasteiger partial charge in [0.2, 0.25) is 11.8 Å². The van der Waals surface area contributed by atoms with Gasteiger partial charge in [0.05, 0.1) is 7.11 Å². The largest absolute Gasteiger partial charge is 0.467 e. The Hall–Kier alpha value is -1.59. The predicted octanol–water partition coefficient (Wildman–Crippen LogP) is 2.66. The topological polar surface area (TPSA) is 84.5 Å². The van der Waals surface area contributed by atoms with Crippen molar-refractivity contribution in [2.24, 2.45) is 17.3 Å². The Morgan fingerprint density at radius 1 is 0.960 bits per heavy atom. The molecule has 146 valence electrons. The van der Waals surface area contributed by atoms with Gasteiger partial charge in [-0.3, -0.25) is 9.59 Å². The van der Waals surface area contributed by atoms with Crippen molar-refractivity contribution in [3.05, 3.63) is 0 Å². The Kier molecular flexibility index (Phi) is 8.62. The lowest BCUT2D eigenvalue weighted by molar-refractivity contribution is -0.149. The molecule has 6 nitrogen and oxygen atoms in total. The summed E-state index contributed by atoms with van der Waals surface area (Å²) in [4.78, 5) is 36.9. The van der Waals surface area contributed by atoms with Crippen molar-refractivity contribution in [3.8, 4) is 0 Å². The van der Waals surface area contributed by atoms with Crippen LogP contribution in [0.5, 0.6) is 0 Å². The molecule has 0 saturated carbocycles. The van der Waals surface area contributed by atoms with E-state index in [1.165, 1.54) is 7.11 Å². The highest BCUT2D eigenvalue weighted by atomic mass is 16.5. The fraction of sp³-hybridized carbons (Fsp3) is 0.842. The van der Waals surface area contributed by atoms with E-state index in [0.717, 1.165) is 6.42 Å². The molecule has 2 N–H and O–H groups in total. The summed E-state index contributed by atoms with van der Waals surface area (Å²) in [6, 6.07) is -0.682. The molecule has 6 heteroatoms. The first kappa shape index (κ1) is 23.4. The summed E-state index contributed by atoms with van der Waals surface area (Å²) < 4.78 is 4.71. The molecule has 2 atom stereocenters. The predicted molar refractivity (Wildman–Crippen MR) is 98.9 cm³/mol. The maximum atomic E-state index is 12.6. The molecule has 0 aromatic heterocycles. The van der Waals surface area contributed by atoms with Crippen molar-refractivity contribution >= 4 is 17.8 Å². The third-order valence-corrected chi connectivity index (χ3v) is 3.84. The van der Waals surface area contributed by atoms with Crippen LogP contribution in [0.3, 0.4) is 0 Å². The minimum Gasteiger partial charge on any atom is -0.467 e. The van der Waals surface area contributed by atoms with Gasteiger partial charge in [-0.05, 0) is 38.0 Å². The van der Waals surface area contributed by atoms with Gasteiger partial charge < -0.3 is 15.4 Å². The number of methoxy groups -OCH3 is 1. The van der Waals surface area contributed by atoms with E-state index in [2.05, 4.69) is 31.4 Å². The summed E-state index contributed by atoms with van der Waals surface area (Å²) in [7, 11) is 1.28. The summed E-state index contributed by atoms with van der Waals surface area (Å²) in [5, 5.41) is 5.52. The van der Waals surface area contributed by atoms with E-state index in [0.29, 0.717) is 6.42 Å². The molecule has 25 heavy (non-hydrogen) atoms. The molecule has 0 aromatic rings. The lowest BCUT2D eigenvalue weighted by Gasteiger charge is -2.29. The number of rotatable bonds is 8. The van der Waals surface area contributed by atoms with Crippen LogP contribution in [0, 0.1) is 17.3 Å². The van der Waals surface area contributed by atoms with Gasteiger partial charge in [0.25, 0.3) is 0 Å². The third kappa shape index (κ3) is 8.89. The second kappa shape index (κ2) is 9.20.